The van der Waals surface area contributed by atoms with E-state index in [4.69, 9.17) is 0 Å². The lowest BCUT2D eigenvalue weighted by Crippen LogP contribution is -2.56. The molecule has 4 nitrogen and oxygen atoms in total. The smallest absolute Gasteiger partial charge is 0.358 e. The van der Waals surface area contributed by atoms with Gasteiger partial charge >= 0.3 is 6.18 Å². The number of anilines is 1. The zero-order valence-corrected chi connectivity index (χ0v) is 17.0. The third-order valence-electron chi connectivity index (χ3n) is 5.65. The Morgan fingerprint density at radius 2 is 1.97 bits per heavy atom. The quantitative estimate of drug-likeness (QED) is 0.486. The summed E-state index contributed by atoms with van der Waals surface area (Å²) in [5.41, 5.74) is 0.434. The molecule has 2 aliphatic heterocycles. The molecule has 0 spiro atoms. The van der Waals surface area contributed by atoms with Crippen LogP contribution in [0.1, 0.15) is 32.6 Å². The first kappa shape index (κ1) is 21.6. The van der Waals surface area contributed by atoms with Crippen molar-refractivity contribution in [2.75, 3.05) is 11.4 Å². The van der Waals surface area contributed by atoms with Gasteiger partial charge in [0.2, 0.25) is 0 Å². The van der Waals surface area contributed by atoms with Crippen LogP contribution in [0.2, 0.25) is 0 Å². The van der Waals surface area contributed by atoms with Gasteiger partial charge in [0.05, 0.1) is 16.6 Å². The summed E-state index contributed by atoms with van der Waals surface area (Å²) in [6, 6.07) is -1.48. The van der Waals surface area contributed by atoms with Crippen LogP contribution in [0.3, 0.4) is 0 Å². The monoisotopic (exact) mass is 452 g/mol. The number of rotatable bonds is 5. The molecule has 3 atom stereocenters. The molecule has 1 saturated heterocycles. The summed E-state index contributed by atoms with van der Waals surface area (Å²) in [6.45, 7) is 1.21. The molecule has 3 aliphatic rings. The van der Waals surface area contributed by atoms with Gasteiger partial charge < -0.3 is 14.9 Å². The minimum atomic E-state index is -4.60. The first-order valence-electron chi connectivity index (χ1n) is 9.86. The normalized spacial score (nSPS) is 25.6. The highest BCUT2D eigenvalue weighted by Gasteiger charge is 2.48. The first-order valence-corrected chi connectivity index (χ1v) is 10.7. The molecule has 1 saturated carbocycles. The summed E-state index contributed by atoms with van der Waals surface area (Å²) in [6.07, 6.45) is -5.50. The molecule has 2 N–H and O–H groups in total. The number of alkyl halides is 5. The first-order chi connectivity index (χ1) is 14.1. The molecule has 0 radical (unpaired) electrons. The van der Waals surface area contributed by atoms with Crippen LogP contribution >= 0.6 is 11.9 Å². The lowest BCUT2D eigenvalue weighted by atomic mass is 9.95. The highest BCUT2D eigenvalue weighted by atomic mass is 32.2. The average molecular weight is 452 g/mol. The van der Waals surface area contributed by atoms with E-state index >= 15 is 0 Å². The van der Waals surface area contributed by atoms with Crippen molar-refractivity contribution >= 4 is 29.2 Å². The van der Waals surface area contributed by atoms with Crippen LogP contribution in [-0.2, 0) is 0 Å². The Kier molecular flexibility index (Phi) is 5.86. The number of hydrogen-bond acceptors (Lipinski definition) is 5. The Hall–Kier alpha value is -1.62. The van der Waals surface area contributed by atoms with Crippen LogP contribution in [0.25, 0.3) is 0 Å². The Bertz CT molecular complexity index is 826. The number of piperidine rings is 1. The van der Waals surface area contributed by atoms with Gasteiger partial charge in [-0.05, 0) is 56.7 Å². The number of halogens is 6. The van der Waals surface area contributed by atoms with E-state index in [1.807, 2.05) is 0 Å². The Balaban J connectivity index is 1.65. The highest BCUT2D eigenvalue weighted by Crippen LogP contribution is 2.46. The minimum absolute atomic E-state index is 0.0416. The van der Waals surface area contributed by atoms with Gasteiger partial charge in [-0.2, -0.15) is 13.2 Å². The third-order valence-corrected chi connectivity index (χ3v) is 6.49. The predicted octanol–water partition coefficient (Wildman–Crippen LogP) is 5.02. The van der Waals surface area contributed by atoms with E-state index in [0.29, 0.717) is 16.4 Å². The number of hydrogen-bond donors (Lipinski definition) is 2. The maximum Gasteiger partial charge on any atom is 0.408 e. The van der Waals surface area contributed by atoms with Crippen molar-refractivity contribution < 1.29 is 26.3 Å². The minimum Gasteiger partial charge on any atom is -0.358 e. The van der Waals surface area contributed by atoms with E-state index < -0.39 is 43.0 Å². The summed E-state index contributed by atoms with van der Waals surface area (Å²) in [5.74, 6) is 0.314. The number of nitrogens with one attached hydrogen (secondary N) is 2. The molecular formula is C19H22F6N4S. The van der Waals surface area contributed by atoms with Crippen LogP contribution in [0.15, 0.2) is 22.0 Å². The lowest BCUT2D eigenvalue weighted by Gasteiger charge is -2.43. The topological polar surface area (TPSA) is 39.7 Å². The fraction of sp³-hybridized carbons (Fsp3) is 0.632. The summed E-state index contributed by atoms with van der Waals surface area (Å²) >= 11 is 1.15. The second kappa shape index (κ2) is 8.14. The van der Waals surface area contributed by atoms with E-state index in [0.717, 1.165) is 35.8 Å². The molecule has 0 aromatic heterocycles. The number of fused-ring (bicyclic) bond motifs is 1. The van der Waals surface area contributed by atoms with Gasteiger partial charge in [0.25, 0.3) is 6.43 Å². The lowest BCUT2D eigenvalue weighted by molar-refractivity contribution is -0.154. The summed E-state index contributed by atoms with van der Waals surface area (Å²) in [7, 11) is 0. The number of benzene rings is 1. The van der Waals surface area contributed by atoms with Gasteiger partial charge in [-0.25, -0.2) is 18.2 Å². The zero-order chi connectivity index (χ0) is 21.6. The van der Waals surface area contributed by atoms with Crippen molar-refractivity contribution in [2.24, 2.45) is 10.9 Å². The Morgan fingerprint density at radius 1 is 1.23 bits per heavy atom. The molecule has 2 heterocycles. The Morgan fingerprint density at radius 3 is 2.60 bits per heavy atom. The molecule has 4 rings (SSSR count). The van der Waals surface area contributed by atoms with E-state index in [1.165, 1.54) is 13.0 Å². The number of nitrogens with zero attached hydrogens (tertiary/aromatic N) is 2. The van der Waals surface area contributed by atoms with Crippen molar-refractivity contribution in [3.05, 3.63) is 17.9 Å². The second-order valence-electron chi connectivity index (χ2n) is 8.01. The molecule has 1 aliphatic carbocycles. The zero-order valence-electron chi connectivity index (χ0n) is 16.1. The van der Waals surface area contributed by atoms with Crippen LogP contribution < -0.4 is 14.9 Å². The molecule has 1 aromatic rings. The molecule has 0 unspecified atom stereocenters. The average Bonchev–Trinajstić information content (AvgIpc) is 3.51. The third kappa shape index (κ3) is 4.51. The van der Waals surface area contributed by atoms with E-state index in [2.05, 4.69) is 15.0 Å². The molecule has 0 amide bonds. The SMILES string of the molecule is C[C@H](N[C@H]1CCN(c2cc(F)cc3c2N=C(C2CC2)NS3)[C@H](C(F)(F)F)C1)C(F)F. The van der Waals surface area contributed by atoms with Gasteiger partial charge in [-0.15, -0.1) is 0 Å². The molecule has 11 heteroatoms. The van der Waals surface area contributed by atoms with Crippen molar-refractivity contribution in [3.63, 3.8) is 0 Å². The maximum atomic E-state index is 14.2. The van der Waals surface area contributed by atoms with Crippen molar-refractivity contribution in [3.8, 4) is 0 Å². The van der Waals surface area contributed by atoms with Crippen LogP contribution in [0.5, 0.6) is 0 Å². The second-order valence-corrected chi connectivity index (χ2v) is 8.86. The van der Waals surface area contributed by atoms with Gasteiger partial charge in [0.15, 0.2) is 0 Å². The largest absolute Gasteiger partial charge is 0.408 e. The Labute approximate surface area is 174 Å². The molecule has 0 bridgehead atoms. The molecule has 2 fully saturated rings. The highest BCUT2D eigenvalue weighted by molar-refractivity contribution is 7.98. The summed E-state index contributed by atoms with van der Waals surface area (Å²) in [5, 5.41) is 2.60. The van der Waals surface area contributed by atoms with Gasteiger partial charge in [0.1, 0.15) is 23.4 Å². The number of aliphatic imine (C=N–C) groups is 1. The van der Waals surface area contributed by atoms with Crippen LogP contribution in [-0.4, -0.2) is 43.1 Å². The molecule has 30 heavy (non-hydrogen) atoms. The van der Waals surface area contributed by atoms with Gasteiger partial charge in [-0.3, -0.25) is 0 Å². The fourth-order valence-electron chi connectivity index (χ4n) is 3.91. The molecule has 166 valence electrons. The van der Waals surface area contributed by atoms with Crippen molar-refractivity contribution in [2.45, 2.75) is 68.2 Å². The van der Waals surface area contributed by atoms with E-state index in [1.54, 1.807) is 0 Å². The fourth-order valence-corrected chi connectivity index (χ4v) is 4.76. The predicted molar refractivity (Wildman–Crippen MR) is 104 cm³/mol. The molecular weight excluding hydrogens is 430 g/mol. The van der Waals surface area contributed by atoms with Crippen molar-refractivity contribution in [1.82, 2.24) is 10.0 Å². The van der Waals surface area contributed by atoms with E-state index in [9.17, 15) is 26.3 Å². The summed E-state index contributed by atoms with van der Waals surface area (Å²) in [4.78, 5) is 6.09. The maximum absolute atomic E-state index is 14.2. The molecule has 1 aromatic carbocycles. The van der Waals surface area contributed by atoms with Gasteiger partial charge in [0, 0.05) is 18.5 Å². The standard InChI is InChI=1S/C19H22F6N4S/c1-9(17(21)22)26-12-4-5-29(15(8-12)19(23,24)25)13-6-11(20)7-14-16(13)27-18(28-30-14)10-2-3-10/h6-7,9-10,12,15,17,26H,2-5,8H2,1H3,(H,27,28)/t9-,12-,15-/m0/s1. The van der Waals surface area contributed by atoms with Gasteiger partial charge in [-0.1, -0.05) is 0 Å². The van der Waals surface area contributed by atoms with Crippen LogP contribution in [0, 0.1) is 11.7 Å². The van der Waals surface area contributed by atoms with E-state index in [-0.39, 0.29) is 24.6 Å². The summed E-state index contributed by atoms with van der Waals surface area (Å²) < 4.78 is 84.8. The van der Waals surface area contributed by atoms with Crippen molar-refractivity contribution in [1.29, 1.82) is 0 Å². The van der Waals surface area contributed by atoms with Crippen LogP contribution in [0.4, 0.5) is 37.7 Å². The number of amidine groups is 1.